The Bertz CT molecular complexity index is 1650. The average molecular weight is 515 g/mol. The van der Waals surface area contributed by atoms with Crippen LogP contribution in [0, 0.1) is 0 Å². The number of nitrogens with one attached hydrogen (secondary N) is 1. The van der Waals surface area contributed by atoms with Crippen molar-refractivity contribution in [3.05, 3.63) is 83.2 Å². The summed E-state index contributed by atoms with van der Waals surface area (Å²) in [6, 6.07) is 17.0. The molecule has 1 amide bonds. The zero-order chi connectivity index (χ0) is 25.6. The number of hydrogen-bond acceptors (Lipinski definition) is 7. The summed E-state index contributed by atoms with van der Waals surface area (Å²) in [5.74, 6) is -0.460. The SMILES string of the molecule is CN1CCc2cc(-c3ccc4cnc(CNC(=O)c5ccc6c(c5)S(=O)(=O)CCOC6)cc4n3)ccc21. The maximum Gasteiger partial charge on any atom is 0.251 e. The number of likely N-dealkylation sites (N-methyl/N-ethyl adjacent to an activating group) is 1. The van der Waals surface area contributed by atoms with E-state index in [1.165, 1.54) is 17.3 Å². The fourth-order valence-corrected chi connectivity index (χ4v) is 6.27. The van der Waals surface area contributed by atoms with Crippen LogP contribution in [0.15, 0.2) is 65.7 Å². The van der Waals surface area contributed by atoms with Crippen molar-refractivity contribution in [3.63, 3.8) is 0 Å². The van der Waals surface area contributed by atoms with Crippen molar-refractivity contribution >= 4 is 32.3 Å². The number of carbonyl (C=O) groups excluding carboxylic acids is 1. The van der Waals surface area contributed by atoms with Crippen LogP contribution >= 0.6 is 0 Å². The number of sulfone groups is 1. The number of fused-ring (bicyclic) bond motifs is 3. The molecule has 0 fully saturated rings. The van der Waals surface area contributed by atoms with E-state index in [1.54, 1.807) is 18.3 Å². The first kappa shape index (κ1) is 23.6. The second-order valence-corrected chi connectivity index (χ2v) is 11.5. The van der Waals surface area contributed by atoms with E-state index in [1.807, 2.05) is 18.2 Å². The van der Waals surface area contributed by atoms with Gasteiger partial charge in [0.05, 0.1) is 47.3 Å². The predicted octanol–water partition coefficient (Wildman–Crippen LogP) is 3.52. The third-order valence-corrected chi connectivity index (χ3v) is 8.74. The van der Waals surface area contributed by atoms with Gasteiger partial charge >= 0.3 is 0 Å². The Morgan fingerprint density at radius 3 is 2.86 bits per heavy atom. The largest absolute Gasteiger partial charge is 0.376 e. The fourth-order valence-electron chi connectivity index (χ4n) is 4.88. The zero-order valence-electron chi connectivity index (χ0n) is 20.4. The summed E-state index contributed by atoms with van der Waals surface area (Å²) < 4.78 is 30.4. The molecule has 2 aromatic heterocycles. The molecule has 0 saturated heterocycles. The van der Waals surface area contributed by atoms with Crippen molar-refractivity contribution in [2.45, 2.75) is 24.5 Å². The first-order chi connectivity index (χ1) is 17.9. The standard InChI is InChI=1S/C28H26N4O4S/c1-32-9-8-19-12-18(5-7-26(19)32)24-6-4-21-15-29-23(14-25(21)31-24)16-30-28(33)20-2-3-22-17-36-10-11-37(34,35)27(22)13-20/h2-7,12-15H,8-11,16-17H2,1H3,(H,30,33). The van der Waals surface area contributed by atoms with Gasteiger partial charge in [0.1, 0.15) is 0 Å². The average Bonchev–Trinajstić information content (AvgIpc) is 3.21. The Kier molecular flexibility index (Phi) is 5.89. The lowest BCUT2D eigenvalue weighted by Gasteiger charge is -2.12. The molecule has 9 heteroatoms. The van der Waals surface area contributed by atoms with Crippen LogP contribution in [0.25, 0.3) is 22.2 Å². The summed E-state index contributed by atoms with van der Waals surface area (Å²) in [6.45, 7) is 1.58. The normalized spacial score (nSPS) is 16.2. The Hall–Kier alpha value is -3.82. The number of nitrogens with zero attached hydrogens (tertiary/aromatic N) is 3. The van der Waals surface area contributed by atoms with Crippen molar-refractivity contribution in [3.8, 4) is 11.3 Å². The van der Waals surface area contributed by atoms with Crippen molar-refractivity contribution in [2.24, 2.45) is 0 Å². The van der Waals surface area contributed by atoms with Crippen molar-refractivity contribution < 1.29 is 17.9 Å². The van der Waals surface area contributed by atoms with Gasteiger partial charge in [0, 0.05) is 42.0 Å². The van der Waals surface area contributed by atoms with E-state index < -0.39 is 9.84 Å². The molecule has 37 heavy (non-hydrogen) atoms. The molecular weight excluding hydrogens is 488 g/mol. The summed E-state index contributed by atoms with van der Waals surface area (Å²) in [5.41, 5.74) is 6.88. The molecule has 4 aromatic rings. The maximum atomic E-state index is 12.8. The zero-order valence-corrected chi connectivity index (χ0v) is 21.2. The van der Waals surface area contributed by atoms with Crippen LogP contribution in [-0.4, -0.2) is 50.2 Å². The molecule has 2 aliphatic heterocycles. The molecule has 6 rings (SSSR count). The van der Waals surface area contributed by atoms with Gasteiger partial charge in [-0.25, -0.2) is 13.4 Å². The van der Waals surface area contributed by atoms with Gasteiger partial charge < -0.3 is 15.0 Å². The van der Waals surface area contributed by atoms with Gasteiger partial charge in [0.2, 0.25) is 0 Å². The highest BCUT2D eigenvalue weighted by atomic mass is 32.2. The van der Waals surface area contributed by atoms with Crippen LogP contribution in [0.2, 0.25) is 0 Å². The van der Waals surface area contributed by atoms with Gasteiger partial charge in [-0.3, -0.25) is 9.78 Å². The topological polar surface area (TPSA) is 101 Å². The highest BCUT2D eigenvalue weighted by Crippen LogP contribution is 2.31. The van der Waals surface area contributed by atoms with Gasteiger partial charge in [-0.1, -0.05) is 12.1 Å². The molecule has 2 aliphatic rings. The third-order valence-electron chi connectivity index (χ3n) is 6.98. The monoisotopic (exact) mass is 514 g/mol. The smallest absolute Gasteiger partial charge is 0.251 e. The van der Waals surface area contributed by atoms with Crippen LogP contribution in [0.1, 0.15) is 27.2 Å². The lowest BCUT2D eigenvalue weighted by molar-refractivity contribution is 0.0950. The second kappa shape index (κ2) is 9.24. The Labute approximate surface area is 215 Å². The number of benzene rings is 2. The number of amides is 1. The molecular formula is C28H26N4O4S. The van der Waals surface area contributed by atoms with E-state index in [0.717, 1.165) is 35.1 Å². The number of aromatic nitrogens is 2. The van der Waals surface area contributed by atoms with Gasteiger partial charge in [0.15, 0.2) is 9.84 Å². The van der Waals surface area contributed by atoms with E-state index >= 15 is 0 Å². The Balaban J connectivity index is 1.21. The molecule has 0 atom stereocenters. The highest BCUT2D eigenvalue weighted by Gasteiger charge is 2.24. The Morgan fingerprint density at radius 1 is 1.08 bits per heavy atom. The second-order valence-electron chi connectivity index (χ2n) is 9.46. The van der Waals surface area contributed by atoms with Gasteiger partial charge in [-0.15, -0.1) is 0 Å². The molecule has 0 unspecified atom stereocenters. The van der Waals surface area contributed by atoms with Crippen LogP contribution < -0.4 is 10.2 Å². The van der Waals surface area contributed by atoms with E-state index in [4.69, 9.17) is 9.72 Å². The molecule has 188 valence electrons. The molecule has 1 N–H and O–H groups in total. The molecule has 0 aliphatic carbocycles. The van der Waals surface area contributed by atoms with Crippen LogP contribution in [0.5, 0.6) is 0 Å². The van der Waals surface area contributed by atoms with Gasteiger partial charge in [0.25, 0.3) is 5.91 Å². The number of anilines is 1. The summed E-state index contributed by atoms with van der Waals surface area (Å²) in [5, 5.41) is 3.76. The minimum absolute atomic E-state index is 0.0937. The summed E-state index contributed by atoms with van der Waals surface area (Å²) in [7, 11) is -1.38. The molecule has 2 aromatic carbocycles. The first-order valence-electron chi connectivity index (χ1n) is 12.2. The maximum absolute atomic E-state index is 12.8. The summed E-state index contributed by atoms with van der Waals surface area (Å²) >= 11 is 0. The van der Waals surface area contributed by atoms with Crippen LogP contribution in [0.3, 0.4) is 0 Å². The Morgan fingerprint density at radius 2 is 1.97 bits per heavy atom. The van der Waals surface area contributed by atoms with Crippen LogP contribution in [0.4, 0.5) is 5.69 Å². The lowest BCUT2D eigenvalue weighted by Crippen LogP contribution is -2.23. The quantitative estimate of drug-likeness (QED) is 0.445. The fraction of sp³-hybridized carbons (Fsp3) is 0.250. The number of hydrogen-bond donors (Lipinski definition) is 1. The molecule has 4 heterocycles. The summed E-state index contributed by atoms with van der Waals surface area (Å²) in [4.78, 5) is 24.6. The van der Waals surface area contributed by atoms with E-state index in [0.29, 0.717) is 11.3 Å². The molecule has 0 spiro atoms. The van der Waals surface area contributed by atoms with E-state index in [-0.39, 0.29) is 41.9 Å². The predicted molar refractivity (Wildman–Crippen MR) is 141 cm³/mol. The minimum Gasteiger partial charge on any atom is -0.376 e. The number of ether oxygens (including phenoxy) is 1. The van der Waals surface area contributed by atoms with Gasteiger partial charge in [-0.05, 0) is 60.0 Å². The number of carbonyl (C=O) groups is 1. The van der Waals surface area contributed by atoms with Crippen molar-refractivity contribution in [1.29, 1.82) is 0 Å². The van der Waals surface area contributed by atoms with Crippen molar-refractivity contribution in [2.75, 3.05) is 30.9 Å². The molecule has 0 bridgehead atoms. The van der Waals surface area contributed by atoms with Gasteiger partial charge in [-0.2, -0.15) is 0 Å². The molecule has 0 saturated carbocycles. The lowest BCUT2D eigenvalue weighted by atomic mass is 10.0. The van der Waals surface area contributed by atoms with Crippen molar-refractivity contribution in [1.82, 2.24) is 15.3 Å². The highest BCUT2D eigenvalue weighted by molar-refractivity contribution is 7.91. The number of pyridine rings is 2. The summed E-state index contributed by atoms with van der Waals surface area (Å²) in [6.07, 6.45) is 2.78. The van der Waals surface area contributed by atoms with Crippen LogP contribution in [-0.2, 0) is 34.1 Å². The molecule has 0 radical (unpaired) electrons. The van der Waals surface area contributed by atoms with E-state index in [2.05, 4.69) is 40.4 Å². The third kappa shape index (κ3) is 4.56. The minimum atomic E-state index is -3.49. The number of rotatable bonds is 4. The first-order valence-corrected chi connectivity index (χ1v) is 13.8. The van der Waals surface area contributed by atoms with E-state index in [9.17, 15) is 13.2 Å². The molecule has 8 nitrogen and oxygen atoms in total.